The molecule has 1 aliphatic carbocycles. The molecule has 1 fully saturated rings. The van der Waals surface area contributed by atoms with E-state index >= 15 is 0 Å². The van der Waals surface area contributed by atoms with Crippen molar-refractivity contribution in [2.75, 3.05) is 0 Å². The van der Waals surface area contributed by atoms with E-state index in [0.717, 1.165) is 36.7 Å². The van der Waals surface area contributed by atoms with Crippen molar-refractivity contribution in [2.45, 2.75) is 78.1 Å². The molecule has 0 spiro atoms. The van der Waals surface area contributed by atoms with Gasteiger partial charge in [-0.1, -0.05) is 76.6 Å². The Hall–Kier alpha value is -1.77. The fourth-order valence-corrected chi connectivity index (χ4v) is 4.37. The van der Waals surface area contributed by atoms with E-state index in [1.54, 1.807) is 6.20 Å². The van der Waals surface area contributed by atoms with Gasteiger partial charge in [-0.15, -0.1) is 0 Å². The molecule has 2 nitrogen and oxygen atoms in total. The van der Waals surface area contributed by atoms with Crippen LogP contribution < -0.4 is 0 Å². The quantitative estimate of drug-likeness (QED) is 0.480. The Kier molecular flexibility index (Phi) is 7.37. The number of benzene rings is 1. The van der Waals surface area contributed by atoms with Crippen LogP contribution in [0.15, 0.2) is 30.5 Å². The van der Waals surface area contributed by atoms with Gasteiger partial charge in [-0.2, -0.15) is 4.39 Å². The summed E-state index contributed by atoms with van der Waals surface area (Å²) < 4.78 is 14.3. The van der Waals surface area contributed by atoms with Crippen molar-refractivity contribution in [3.63, 3.8) is 0 Å². The topological polar surface area (TPSA) is 25.8 Å². The zero-order chi connectivity index (χ0) is 19.1. The summed E-state index contributed by atoms with van der Waals surface area (Å²) in [6.07, 6.45) is 14.0. The van der Waals surface area contributed by atoms with Crippen LogP contribution in [0.4, 0.5) is 4.39 Å². The van der Waals surface area contributed by atoms with Crippen LogP contribution in [0.5, 0.6) is 0 Å². The third-order valence-corrected chi connectivity index (χ3v) is 6.04. The number of aryl methyl sites for hydroxylation is 2. The third kappa shape index (κ3) is 5.60. The number of halogens is 1. The second-order valence-electron chi connectivity index (χ2n) is 8.15. The molecular formula is C24H33FN2. The minimum Gasteiger partial charge on any atom is -0.241 e. The third-order valence-electron chi connectivity index (χ3n) is 6.04. The Labute approximate surface area is 163 Å². The lowest BCUT2D eigenvalue weighted by molar-refractivity contribution is 0.252. The molecule has 1 saturated carbocycles. The van der Waals surface area contributed by atoms with E-state index in [1.165, 1.54) is 50.5 Å². The summed E-state index contributed by atoms with van der Waals surface area (Å²) in [6.45, 7) is 4.35. The van der Waals surface area contributed by atoms with E-state index in [9.17, 15) is 4.39 Å². The first-order valence-corrected chi connectivity index (χ1v) is 10.8. The van der Waals surface area contributed by atoms with Crippen LogP contribution in [0.3, 0.4) is 0 Å². The van der Waals surface area contributed by atoms with E-state index < -0.39 is 5.95 Å². The van der Waals surface area contributed by atoms with Crippen LogP contribution >= 0.6 is 0 Å². The highest BCUT2D eigenvalue weighted by atomic mass is 19.1. The standard InChI is InChI=1S/C24H33FN2/c1-3-5-18-7-9-19(10-8-18)11-12-20-13-15-21(16-14-20)22-17-26-23(6-4-2)27-24(22)25/h13-19H,3-12H2,1-2H3. The molecule has 0 unspecified atom stereocenters. The van der Waals surface area contributed by atoms with Gasteiger partial charge >= 0.3 is 0 Å². The molecule has 3 heteroatoms. The molecule has 0 saturated heterocycles. The first-order valence-electron chi connectivity index (χ1n) is 10.8. The predicted octanol–water partition coefficient (Wildman–Crippen LogP) is 6.77. The molecular weight excluding hydrogens is 335 g/mol. The second-order valence-corrected chi connectivity index (χ2v) is 8.15. The molecule has 0 amide bonds. The minimum absolute atomic E-state index is 0.412. The lowest BCUT2D eigenvalue weighted by Gasteiger charge is -2.28. The number of rotatable bonds is 8. The van der Waals surface area contributed by atoms with Crippen molar-refractivity contribution < 1.29 is 4.39 Å². The normalized spacial score (nSPS) is 20.0. The van der Waals surface area contributed by atoms with Gasteiger partial charge in [-0.05, 0) is 42.2 Å². The van der Waals surface area contributed by atoms with E-state index in [-0.39, 0.29) is 0 Å². The Bertz CT molecular complexity index is 703. The molecule has 0 atom stereocenters. The first kappa shape index (κ1) is 20.0. The summed E-state index contributed by atoms with van der Waals surface area (Å²) in [5.74, 6) is 2.04. The summed E-state index contributed by atoms with van der Waals surface area (Å²) in [4.78, 5) is 8.29. The van der Waals surface area contributed by atoms with Crippen molar-refractivity contribution in [1.82, 2.24) is 9.97 Å². The maximum atomic E-state index is 14.3. The molecule has 0 aliphatic heterocycles. The zero-order valence-electron chi connectivity index (χ0n) is 16.9. The van der Waals surface area contributed by atoms with E-state index in [4.69, 9.17) is 0 Å². The van der Waals surface area contributed by atoms with Crippen LogP contribution in [0.25, 0.3) is 11.1 Å². The Morgan fingerprint density at radius 2 is 1.56 bits per heavy atom. The van der Waals surface area contributed by atoms with E-state index in [2.05, 4.69) is 29.0 Å². The molecule has 3 rings (SSSR count). The molecule has 1 heterocycles. The fourth-order valence-electron chi connectivity index (χ4n) is 4.37. The maximum Gasteiger partial charge on any atom is 0.224 e. The predicted molar refractivity (Wildman–Crippen MR) is 110 cm³/mol. The minimum atomic E-state index is -0.412. The molecule has 1 aliphatic rings. The highest BCUT2D eigenvalue weighted by molar-refractivity contribution is 5.62. The van der Waals surface area contributed by atoms with Gasteiger partial charge in [-0.3, -0.25) is 0 Å². The summed E-state index contributed by atoms with van der Waals surface area (Å²) in [5, 5.41) is 0. The molecule has 1 aromatic carbocycles. The number of hydrogen-bond donors (Lipinski definition) is 0. The Morgan fingerprint density at radius 1 is 0.889 bits per heavy atom. The number of nitrogens with zero attached hydrogens (tertiary/aromatic N) is 2. The second kappa shape index (κ2) is 9.96. The molecule has 146 valence electrons. The van der Waals surface area contributed by atoms with Gasteiger partial charge in [0, 0.05) is 12.6 Å². The van der Waals surface area contributed by atoms with Gasteiger partial charge in [-0.25, -0.2) is 9.97 Å². The van der Waals surface area contributed by atoms with E-state index in [0.29, 0.717) is 11.4 Å². The first-order chi connectivity index (χ1) is 13.2. The summed E-state index contributed by atoms with van der Waals surface area (Å²) in [5.41, 5.74) is 2.70. The average Bonchev–Trinajstić information content (AvgIpc) is 2.69. The van der Waals surface area contributed by atoms with Gasteiger partial charge < -0.3 is 0 Å². The fraction of sp³-hybridized carbons (Fsp3) is 0.583. The molecule has 27 heavy (non-hydrogen) atoms. The lowest BCUT2D eigenvalue weighted by Crippen LogP contribution is -2.15. The van der Waals surface area contributed by atoms with Crippen LogP contribution in [0.2, 0.25) is 0 Å². The van der Waals surface area contributed by atoms with Crippen LogP contribution in [0, 0.1) is 17.8 Å². The summed E-state index contributed by atoms with van der Waals surface area (Å²) >= 11 is 0. The van der Waals surface area contributed by atoms with Gasteiger partial charge in [0.05, 0.1) is 5.56 Å². The smallest absolute Gasteiger partial charge is 0.224 e. The lowest BCUT2D eigenvalue weighted by atomic mass is 9.78. The van der Waals surface area contributed by atoms with Crippen molar-refractivity contribution in [2.24, 2.45) is 11.8 Å². The molecule has 2 aromatic rings. The van der Waals surface area contributed by atoms with Crippen molar-refractivity contribution >= 4 is 0 Å². The summed E-state index contributed by atoms with van der Waals surface area (Å²) in [7, 11) is 0. The van der Waals surface area contributed by atoms with Crippen molar-refractivity contribution in [3.05, 3.63) is 47.8 Å². The monoisotopic (exact) mass is 368 g/mol. The molecule has 0 radical (unpaired) electrons. The van der Waals surface area contributed by atoms with Crippen LogP contribution in [-0.2, 0) is 12.8 Å². The van der Waals surface area contributed by atoms with Gasteiger partial charge in [0.2, 0.25) is 5.95 Å². The van der Waals surface area contributed by atoms with Crippen molar-refractivity contribution in [1.29, 1.82) is 0 Å². The van der Waals surface area contributed by atoms with Gasteiger partial charge in [0.15, 0.2) is 0 Å². The molecule has 0 N–H and O–H groups in total. The zero-order valence-corrected chi connectivity index (χ0v) is 16.9. The Morgan fingerprint density at radius 3 is 2.15 bits per heavy atom. The average molecular weight is 369 g/mol. The number of aromatic nitrogens is 2. The van der Waals surface area contributed by atoms with Gasteiger partial charge in [0.1, 0.15) is 5.82 Å². The maximum absolute atomic E-state index is 14.3. The SMILES string of the molecule is CCCc1ncc(-c2ccc(CCC3CCC(CCC)CC3)cc2)c(F)n1. The van der Waals surface area contributed by atoms with Crippen molar-refractivity contribution in [3.8, 4) is 11.1 Å². The summed E-state index contributed by atoms with van der Waals surface area (Å²) in [6, 6.07) is 8.29. The van der Waals surface area contributed by atoms with Gasteiger partial charge in [0.25, 0.3) is 0 Å². The number of hydrogen-bond acceptors (Lipinski definition) is 2. The molecule has 1 aromatic heterocycles. The van der Waals surface area contributed by atoms with Crippen LogP contribution in [0.1, 0.15) is 76.6 Å². The molecule has 0 bridgehead atoms. The largest absolute Gasteiger partial charge is 0.241 e. The highest BCUT2D eigenvalue weighted by Crippen LogP contribution is 2.34. The highest BCUT2D eigenvalue weighted by Gasteiger charge is 2.20. The Balaban J connectivity index is 1.53. The van der Waals surface area contributed by atoms with E-state index in [1.807, 2.05) is 19.1 Å². The van der Waals surface area contributed by atoms with Crippen LogP contribution in [-0.4, -0.2) is 9.97 Å².